The van der Waals surface area contributed by atoms with Crippen molar-refractivity contribution < 1.29 is 9.53 Å². The molecule has 2 rings (SSSR count). The molecule has 4 heteroatoms. The molecule has 0 aromatic heterocycles. The van der Waals surface area contributed by atoms with E-state index in [2.05, 4.69) is 0 Å². The number of amides is 1. The second-order valence-electron chi connectivity index (χ2n) is 3.83. The molecule has 1 amide bonds. The molecule has 1 heterocycles. The van der Waals surface area contributed by atoms with Crippen molar-refractivity contribution in [1.29, 1.82) is 0 Å². The molecule has 86 valence electrons. The van der Waals surface area contributed by atoms with Crippen LogP contribution in [-0.4, -0.2) is 19.2 Å². The highest BCUT2D eigenvalue weighted by atomic mass is 16.5. The number of nitrogens with zero attached hydrogens (tertiary/aromatic N) is 1. The lowest BCUT2D eigenvalue weighted by Crippen LogP contribution is -2.36. The largest absolute Gasteiger partial charge is 0.399 e. The minimum absolute atomic E-state index is 0.116. The van der Waals surface area contributed by atoms with Crippen LogP contribution in [0.15, 0.2) is 18.2 Å². The number of nitrogens with two attached hydrogens (primary N) is 1. The predicted molar refractivity (Wildman–Crippen MR) is 63.2 cm³/mol. The summed E-state index contributed by atoms with van der Waals surface area (Å²) in [7, 11) is 0. The fourth-order valence-electron chi connectivity index (χ4n) is 1.90. The molecule has 0 radical (unpaired) electrons. The molecule has 0 atom stereocenters. The summed E-state index contributed by atoms with van der Waals surface area (Å²) in [4.78, 5) is 13.4. The van der Waals surface area contributed by atoms with Crippen molar-refractivity contribution in [1.82, 2.24) is 0 Å². The number of carbonyl (C=O) groups excluding carboxylic acids is 1. The van der Waals surface area contributed by atoms with Crippen LogP contribution in [0.25, 0.3) is 0 Å². The maximum atomic E-state index is 11.8. The number of fused-ring (bicyclic) bond motifs is 1. The monoisotopic (exact) mass is 220 g/mol. The molecule has 16 heavy (non-hydrogen) atoms. The van der Waals surface area contributed by atoms with Crippen LogP contribution in [-0.2, 0) is 16.0 Å². The quantitative estimate of drug-likeness (QED) is 0.786. The minimum Gasteiger partial charge on any atom is -0.399 e. The Morgan fingerprint density at radius 1 is 1.44 bits per heavy atom. The highest BCUT2D eigenvalue weighted by Crippen LogP contribution is 2.29. The molecule has 0 bridgehead atoms. The summed E-state index contributed by atoms with van der Waals surface area (Å²) in [6.45, 7) is 2.85. The van der Waals surface area contributed by atoms with Crippen LogP contribution in [0.3, 0.4) is 0 Å². The van der Waals surface area contributed by atoms with Crippen LogP contribution in [0.4, 0.5) is 11.4 Å². The van der Waals surface area contributed by atoms with E-state index >= 15 is 0 Å². The van der Waals surface area contributed by atoms with Crippen molar-refractivity contribution in [3.8, 4) is 0 Å². The zero-order valence-electron chi connectivity index (χ0n) is 9.40. The van der Waals surface area contributed by atoms with Crippen molar-refractivity contribution in [2.75, 3.05) is 24.0 Å². The highest BCUT2D eigenvalue weighted by molar-refractivity contribution is 5.96. The first-order valence-corrected chi connectivity index (χ1v) is 5.49. The van der Waals surface area contributed by atoms with Gasteiger partial charge in [0, 0.05) is 24.4 Å². The molecule has 0 unspecified atom stereocenters. The first-order valence-electron chi connectivity index (χ1n) is 5.49. The summed E-state index contributed by atoms with van der Waals surface area (Å²) < 4.78 is 5.30. The molecule has 1 aromatic rings. The third kappa shape index (κ3) is 2.02. The maximum absolute atomic E-state index is 11.8. The number of aryl methyl sites for hydroxylation is 1. The Morgan fingerprint density at radius 2 is 2.25 bits per heavy atom. The van der Waals surface area contributed by atoms with E-state index in [1.165, 1.54) is 0 Å². The van der Waals surface area contributed by atoms with Gasteiger partial charge in [0.1, 0.15) is 6.73 Å². The van der Waals surface area contributed by atoms with Crippen LogP contribution in [0.2, 0.25) is 0 Å². The second kappa shape index (κ2) is 4.53. The fourth-order valence-corrected chi connectivity index (χ4v) is 1.90. The molecule has 0 fully saturated rings. The zero-order valence-corrected chi connectivity index (χ0v) is 9.40. The molecule has 4 nitrogen and oxygen atoms in total. The molecular formula is C12H16N2O2. The molecule has 2 N–H and O–H groups in total. The van der Waals surface area contributed by atoms with Gasteiger partial charge in [-0.05, 0) is 37.1 Å². The molecule has 0 saturated heterocycles. The van der Waals surface area contributed by atoms with E-state index in [0.717, 1.165) is 23.4 Å². The molecule has 1 aliphatic rings. The first-order chi connectivity index (χ1) is 7.72. The van der Waals surface area contributed by atoms with Gasteiger partial charge in [0.2, 0.25) is 5.91 Å². The van der Waals surface area contributed by atoms with Crippen LogP contribution >= 0.6 is 0 Å². The summed E-state index contributed by atoms with van der Waals surface area (Å²) in [5.74, 6) is 0.116. The lowest BCUT2D eigenvalue weighted by molar-refractivity contribution is -0.120. The van der Waals surface area contributed by atoms with E-state index in [9.17, 15) is 4.79 Å². The summed E-state index contributed by atoms with van der Waals surface area (Å²) in [5, 5.41) is 0. The number of hydrogen-bond acceptors (Lipinski definition) is 3. The van der Waals surface area contributed by atoms with E-state index < -0.39 is 0 Å². The van der Waals surface area contributed by atoms with Gasteiger partial charge in [-0.2, -0.15) is 0 Å². The van der Waals surface area contributed by atoms with Crippen LogP contribution in [0.1, 0.15) is 18.9 Å². The van der Waals surface area contributed by atoms with E-state index in [0.29, 0.717) is 19.8 Å². The molecule has 0 saturated carbocycles. The average Bonchev–Trinajstić information content (AvgIpc) is 2.28. The van der Waals surface area contributed by atoms with Gasteiger partial charge in [-0.25, -0.2) is 0 Å². The van der Waals surface area contributed by atoms with Gasteiger partial charge in [-0.15, -0.1) is 0 Å². The maximum Gasteiger partial charge on any atom is 0.229 e. The number of rotatable bonds is 3. The lowest BCUT2D eigenvalue weighted by Gasteiger charge is -2.29. The Kier molecular flexibility index (Phi) is 3.10. The molecule has 1 aromatic carbocycles. The average molecular weight is 220 g/mol. The summed E-state index contributed by atoms with van der Waals surface area (Å²) >= 11 is 0. The van der Waals surface area contributed by atoms with Crippen LogP contribution in [0.5, 0.6) is 0 Å². The third-order valence-electron chi connectivity index (χ3n) is 2.73. The van der Waals surface area contributed by atoms with Crippen molar-refractivity contribution in [2.45, 2.75) is 19.8 Å². The van der Waals surface area contributed by atoms with Gasteiger partial charge in [-0.3, -0.25) is 9.69 Å². The molecule has 1 aliphatic heterocycles. The van der Waals surface area contributed by atoms with Gasteiger partial charge in [0.15, 0.2) is 0 Å². The first kappa shape index (κ1) is 11.0. The number of hydrogen-bond donors (Lipinski definition) is 1. The van der Waals surface area contributed by atoms with E-state index in [-0.39, 0.29) is 5.91 Å². The molecule has 0 spiro atoms. The van der Waals surface area contributed by atoms with Gasteiger partial charge >= 0.3 is 0 Å². The smallest absolute Gasteiger partial charge is 0.229 e. The van der Waals surface area contributed by atoms with Gasteiger partial charge in [0.05, 0.1) is 0 Å². The van der Waals surface area contributed by atoms with Crippen LogP contribution < -0.4 is 10.6 Å². The number of carbonyl (C=O) groups is 1. The molecule has 0 aliphatic carbocycles. The predicted octanol–water partition coefficient (Wildman–Crippen LogP) is 1.54. The number of nitrogen functional groups attached to an aromatic ring is 1. The second-order valence-corrected chi connectivity index (χ2v) is 3.83. The van der Waals surface area contributed by atoms with E-state index in [1.54, 1.807) is 4.90 Å². The number of benzene rings is 1. The number of ether oxygens (including phenoxy) is 1. The number of anilines is 2. The van der Waals surface area contributed by atoms with Crippen molar-refractivity contribution >= 4 is 17.3 Å². The Labute approximate surface area is 95.0 Å². The minimum atomic E-state index is 0.116. The Bertz CT molecular complexity index is 404. The van der Waals surface area contributed by atoms with Crippen molar-refractivity contribution in [3.63, 3.8) is 0 Å². The highest BCUT2D eigenvalue weighted by Gasteiger charge is 2.23. The van der Waals surface area contributed by atoms with Gasteiger partial charge in [-0.1, -0.05) is 0 Å². The van der Waals surface area contributed by atoms with E-state index in [1.807, 2.05) is 25.1 Å². The standard InChI is InChI=1S/C12H16N2O2/c1-2-16-8-14-11-5-4-10(13)7-9(11)3-6-12(14)15/h4-5,7H,2-3,6,8,13H2,1H3. The topological polar surface area (TPSA) is 55.6 Å². The van der Waals surface area contributed by atoms with Crippen LogP contribution in [0, 0.1) is 0 Å². The Hall–Kier alpha value is -1.55. The Morgan fingerprint density at radius 3 is 3.00 bits per heavy atom. The summed E-state index contributed by atoms with van der Waals surface area (Å²) in [6, 6.07) is 5.64. The summed E-state index contributed by atoms with van der Waals surface area (Å²) in [5.41, 5.74) is 8.52. The summed E-state index contributed by atoms with van der Waals surface area (Å²) in [6.07, 6.45) is 1.30. The van der Waals surface area contributed by atoms with Gasteiger partial charge in [0.25, 0.3) is 0 Å². The molecular weight excluding hydrogens is 204 g/mol. The Balaban J connectivity index is 2.29. The third-order valence-corrected chi connectivity index (χ3v) is 2.73. The lowest BCUT2D eigenvalue weighted by atomic mass is 10.0. The SMILES string of the molecule is CCOCN1C(=O)CCc2cc(N)ccc21. The van der Waals surface area contributed by atoms with Crippen molar-refractivity contribution in [3.05, 3.63) is 23.8 Å². The van der Waals surface area contributed by atoms with Crippen molar-refractivity contribution in [2.24, 2.45) is 0 Å². The fraction of sp³-hybridized carbons (Fsp3) is 0.417. The van der Waals surface area contributed by atoms with Gasteiger partial charge < -0.3 is 10.5 Å². The normalized spacial score (nSPS) is 15.1. The zero-order chi connectivity index (χ0) is 11.5. The van der Waals surface area contributed by atoms with E-state index in [4.69, 9.17) is 10.5 Å².